The molecule has 2 aromatic rings. The third-order valence-corrected chi connectivity index (χ3v) is 6.12. The zero-order valence-electron chi connectivity index (χ0n) is 13.5. The number of hydrogen-bond donors (Lipinski definition) is 0. The minimum absolute atomic E-state index is 0.281. The topological polar surface area (TPSA) is 58.4 Å². The molecule has 3 rings (SSSR count). The molecule has 1 aromatic carbocycles. The van der Waals surface area contributed by atoms with Gasteiger partial charge < -0.3 is 4.90 Å². The Kier molecular flexibility index (Phi) is 4.41. The van der Waals surface area contributed by atoms with Crippen LogP contribution in [0.2, 0.25) is 0 Å². The summed E-state index contributed by atoms with van der Waals surface area (Å²) >= 11 is 0. The molecule has 6 nitrogen and oxygen atoms in total. The zero-order chi connectivity index (χ0) is 16.4. The summed E-state index contributed by atoms with van der Waals surface area (Å²) < 4.78 is 28.6. The van der Waals surface area contributed by atoms with E-state index in [0.29, 0.717) is 32.7 Å². The van der Waals surface area contributed by atoms with Crippen molar-refractivity contribution in [3.63, 3.8) is 0 Å². The van der Waals surface area contributed by atoms with Gasteiger partial charge in [0.05, 0.1) is 6.20 Å². The Bertz CT molecular complexity index is 777. The number of sulfonamides is 1. The van der Waals surface area contributed by atoms with Gasteiger partial charge in [-0.15, -0.1) is 0 Å². The van der Waals surface area contributed by atoms with Crippen LogP contribution in [0.5, 0.6) is 0 Å². The van der Waals surface area contributed by atoms with Gasteiger partial charge in [-0.1, -0.05) is 18.2 Å². The van der Waals surface area contributed by atoms with E-state index in [1.54, 1.807) is 15.2 Å². The van der Waals surface area contributed by atoms with Gasteiger partial charge in [-0.3, -0.25) is 4.68 Å². The van der Waals surface area contributed by atoms with E-state index in [-0.39, 0.29) is 4.90 Å². The monoisotopic (exact) mass is 334 g/mol. The molecule has 0 atom stereocenters. The predicted octanol–water partition coefficient (Wildman–Crippen LogP) is 1.72. The first-order valence-corrected chi connectivity index (χ1v) is 9.29. The second-order valence-corrected chi connectivity index (χ2v) is 7.65. The van der Waals surface area contributed by atoms with Gasteiger partial charge in [0, 0.05) is 44.6 Å². The summed E-state index contributed by atoms with van der Waals surface area (Å²) in [7, 11) is -3.44. The number of aryl methyl sites for hydroxylation is 2. The van der Waals surface area contributed by atoms with Crippen molar-refractivity contribution < 1.29 is 8.42 Å². The quantitative estimate of drug-likeness (QED) is 0.854. The van der Waals surface area contributed by atoms with Crippen molar-refractivity contribution >= 4 is 15.7 Å². The number of aromatic nitrogens is 2. The predicted molar refractivity (Wildman–Crippen MR) is 90.1 cm³/mol. The molecule has 7 heteroatoms. The summed E-state index contributed by atoms with van der Waals surface area (Å²) in [6.45, 7) is 7.07. The lowest BCUT2D eigenvalue weighted by molar-refractivity contribution is 0.384. The van der Waals surface area contributed by atoms with Crippen LogP contribution in [0.4, 0.5) is 5.69 Å². The lowest BCUT2D eigenvalue weighted by Crippen LogP contribution is -2.48. The van der Waals surface area contributed by atoms with Crippen LogP contribution in [0.1, 0.15) is 12.5 Å². The maximum absolute atomic E-state index is 12.7. The number of benzene rings is 1. The normalized spacial score (nSPS) is 16.7. The largest absolute Gasteiger partial charge is 0.369 e. The molecule has 23 heavy (non-hydrogen) atoms. The highest BCUT2D eigenvalue weighted by Crippen LogP contribution is 2.23. The zero-order valence-corrected chi connectivity index (χ0v) is 14.3. The highest BCUT2D eigenvalue weighted by Gasteiger charge is 2.29. The fraction of sp³-hybridized carbons (Fsp3) is 0.438. The highest BCUT2D eigenvalue weighted by molar-refractivity contribution is 7.89. The Morgan fingerprint density at radius 1 is 1.13 bits per heavy atom. The van der Waals surface area contributed by atoms with Crippen LogP contribution < -0.4 is 4.90 Å². The van der Waals surface area contributed by atoms with E-state index in [9.17, 15) is 8.42 Å². The van der Waals surface area contributed by atoms with Crippen LogP contribution in [-0.2, 0) is 16.6 Å². The van der Waals surface area contributed by atoms with E-state index < -0.39 is 10.0 Å². The molecule has 0 amide bonds. The van der Waals surface area contributed by atoms with Gasteiger partial charge in [0.2, 0.25) is 10.0 Å². The summed E-state index contributed by atoms with van der Waals surface area (Å²) in [5.74, 6) is 0. The highest BCUT2D eigenvalue weighted by atomic mass is 32.2. The smallest absolute Gasteiger partial charge is 0.246 e. The van der Waals surface area contributed by atoms with Crippen LogP contribution in [0.15, 0.2) is 41.6 Å². The molecule has 0 unspecified atom stereocenters. The molecule has 2 heterocycles. The molecule has 0 bridgehead atoms. The van der Waals surface area contributed by atoms with Crippen molar-refractivity contribution in [2.75, 3.05) is 31.1 Å². The van der Waals surface area contributed by atoms with Crippen LogP contribution in [-0.4, -0.2) is 48.7 Å². The van der Waals surface area contributed by atoms with Crippen LogP contribution >= 0.6 is 0 Å². The maximum Gasteiger partial charge on any atom is 0.246 e. The van der Waals surface area contributed by atoms with Gasteiger partial charge in [0.15, 0.2) is 0 Å². The molecule has 1 aliphatic heterocycles. The Morgan fingerprint density at radius 2 is 1.83 bits per heavy atom. The first kappa shape index (κ1) is 16.0. The number of para-hydroxylation sites is 1. The van der Waals surface area contributed by atoms with Gasteiger partial charge in [-0.05, 0) is 25.5 Å². The number of rotatable bonds is 4. The molecule has 0 radical (unpaired) electrons. The average Bonchev–Trinajstić information content (AvgIpc) is 3.05. The van der Waals surface area contributed by atoms with E-state index in [2.05, 4.69) is 29.1 Å². The first-order chi connectivity index (χ1) is 11.0. The standard InChI is InChI=1S/C16H22N4O2S/c1-3-19-13-15(12-17-19)23(21,22)20-10-8-18(9-11-20)16-7-5-4-6-14(16)2/h4-7,12-13H,3,8-11H2,1-2H3. The fourth-order valence-electron chi connectivity index (χ4n) is 2.89. The molecular weight excluding hydrogens is 312 g/mol. The van der Waals surface area contributed by atoms with Gasteiger partial charge in [0.1, 0.15) is 4.90 Å². The van der Waals surface area contributed by atoms with E-state index in [1.165, 1.54) is 17.4 Å². The van der Waals surface area contributed by atoms with Crippen molar-refractivity contribution in [2.24, 2.45) is 0 Å². The van der Waals surface area contributed by atoms with Gasteiger partial charge >= 0.3 is 0 Å². The van der Waals surface area contributed by atoms with Crippen molar-refractivity contribution in [3.8, 4) is 0 Å². The lowest BCUT2D eigenvalue weighted by Gasteiger charge is -2.35. The van der Waals surface area contributed by atoms with Crippen molar-refractivity contribution in [2.45, 2.75) is 25.3 Å². The summed E-state index contributed by atoms with van der Waals surface area (Å²) in [4.78, 5) is 2.53. The number of piperazine rings is 1. The van der Waals surface area contributed by atoms with Gasteiger partial charge in [-0.2, -0.15) is 9.40 Å². The van der Waals surface area contributed by atoms with Gasteiger partial charge in [0.25, 0.3) is 0 Å². The summed E-state index contributed by atoms with van der Waals surface area (Å²) in [5, 5.41) is 4.07. The molecule has 1 aliphatic rings. The van der Waals surface area contributed by atoms with Crippen LogP contribution in [0.3, 0.4) is 0 Å². The number of anilines is 1. The second-order valence-electron chi connectivity index (χ2n) is 5.71. The summed E-state index contributed by atoms with van der Waals surface area (Å²) in [6, 6.07) is 8.21. The third-order valence-electron chi connectivity index (χ3n) is 4.27. The van der Waals surface area contributed by atoms with E-state index in [1.807, 2.05) is 19.1 Å². The molecular formula is C16H22N4O2S. The van der Waals surface area contributed by atoms with Crippen molar-refractivity contribution in [3.05, 3.63) is 42.2 Å². The molecule has 124 valence electrons. The van der Waals surface area contributed by atoms with Crippen molar-refractivity contribution in [1.82, 2.24) is 14.1 Å². The molecule has 1 saturated heterocycles. The minimum atomic E-state index is -3.44. The molecule has 0 saturated carbocycles. The SMILES string of the molecule is CCn1cc(S(=O)(=O)N2CCN(c3ccccc3C)CC2)cn1. The summed E-state index contributed by atoms with van der Waals surface area (Å²) in [6.07, 6.45) is 3.04. The minimum Gasteiger partial charge on any atom is -0.369 e. The van der Waals surface area contributed by atoms with Crippen molar-refractivity contribution in [1.29, 1.82) is 0 Å². The van der Waals surface area contributed by atoms with Crippen LogP contribution in [0.25, 0.3) is 0 Å². The van der Waals surface area contributed by atoms with E-state index in [0.717, 1.165) is 0 Å². The summed E-state index contributed by atoms with van der Waals surface area (Å²) in [5.41, 5.74) is 2.40. The lowest BCUT2D eigenvalue weighted by atomic mass is 10.1. The molecule has 1 aromatic heterocycles. The average molecular weight is 334 g/mol. The fourth-order valence-corrected chi connectivity index (χ4v) is 4.26. The Hall–Kier alpha value is -1.86. The first-order valence-electron chi connectivity index (χ1n) is 7.85. The third kappa shape index (κ3) is 3.11. The van der Waals surface area contributed by atoms with Gasteiger partial charge in [-0.25, -0.2) is 8.42 Å². The maximum atomic E-state index is 12.7. The second kappa shape index (κ2) is 6.33. The molecule has 0 spiro atoms. The Labute approximate surface area is 137 Å². The molecule has 0 N–H and O–H groups in total. The van der Waals surface area contributed by atoms with E-state index in [4.69, 9.17) is 0 Å². The Morgan fingerprint density at radius 3 is 2.43 bits per heavy atom. The Balaban J connectivity index is 1.72. The molecule has 0 aliphatic carbocycles. The molecule has 1 fully saturated rings. The van der Waals surface area contributed by atoms with Crippen LogP contribution in [0, 0.1) is 6.92 Å². The number of hydrogen-bond acceptors (Lipinski definition) is 4. The number of nitrogens with zero attached hydrogens (tertiary/aromatic N) is 4. The van der Waals surface area contributed by atoms with E-state index >= 15 is 0 Å².